The Kier molecular flexibility index (Phi) is 52.3. The standard InChI is InChI=1S/C62H116NO8P/c1-6-8-10-12-14-16-18-20-22-24-26-28-29-30-31-32-33-35-37-39-41-43-45-47-49-51-53-55-62(65)71-60(59-70-72(66,67)69-57-56-63(3,4)5)58-68-61(64)54-52-50-48-46-44-42-40-38-36-34-27-25-23-21-19-17-15-13-11-9-7-2/h18-21,24-27,60H,6-17,22-23,28-59H2,1-5H3/p+1/b20-18-,21-19-,26-24-,27-25-. The van der Waals surface area contributed by atoms with Crippen LogP contribution < -0.4 is 0 Å². The van der Waals surface area contributed by atoms with Crippen LogP contribution in [0.2, 0.25) is 0 Å². The molecule has 2 atom stereocenters. The molecule has 0 saturated heterocycles. The van der Waals surface area contributed by atoms with E-state index < -0.39 is 26.5 Å². The molecule has 422 valence electrons. The Labute approximate surface area is 445 Å². The summed E-state index contributed by atoms with van der Waals surface area (Å²) >= 11 is 0. The number of ether oxygens (including phenoxy) is 2. The van der Waals surface area contributed by atoms with Crippen LogP contribution in [0, 0.1) is 0 Å². The Balaban J connectivity index is 4.12. The first-order valence-electron chi connectivity index (χ1n) is 30.4. The Hall–Kier alpha value is -2.03. The third kappa shape index (κ3) is 57.3. The molecule has 0 aromatic heterocycles. The lowest BCUT2D eigenvalue weighted by Gasteiger charge is -2.24. The number of allylic oxidation sites excluding steroid dienone is 8. The predicted octanol–water partition coefficient (Wildman–Crippen LogP) is 18.9. The van der Waals surface area contributed by atoms with Crippen molar-refractivity contribution in [2.45, 2.75) is 290 Å². The molecule has 0 spiro atoms. The van der Waals surface area contributed by atoms with E-state index in [1.807, 2.05) is 21.1 Å². The fraction of sp³-hybridized carbons (Fsp3) is 0.839. The van der Waals surface area contributed by atoms with Crippen LogP contribution in [0.4, 0.5) is 0 Å². The fourth-order valence-corrected chi connectivity index (χ4v) is 9.35. The van der Waals surface area contributed by atoms with Crippen molar-refractivity contribution in [2.75, 3.05) is 47.5 Å². The lowest BCUT2D eigenvalue weighted by molar-refractivity contribution is -0.870. The second-order valence-electron chi connectivity index (χ2n) is 21.7. The zero-order chi connectivity index (χ0) is 52.7. The van der Waals surface area contributed by atoms with Gasteiger partial charge in [-0.05, 0) is 77.0 Å². The molecule has 0 aliphatic carbocycles. The number of hydrogen-bond donors (Lipinski definition) is 1. The maximum absolute atomic E-state index is 12.8. The van der Waals surface area contributed by atoms with Crippen molar-refractivity contribution >= 4 is 19.8 Å². The van der Waals surface area contributed by atoms with Crippen LogP contribution in [0.1, 0.15) is 284 Å². The molecule has 9 nitrogen and oxygen atoms in total. The summed E-state index contributed by atoms with van der Waals surface area (Å²) in [7, 11) is 1.48. The lowest BCUT2D eigenvalue weighted by Crippen LogP contribution is -2.37. The number of likely N-dealkylation sites (N-methyl/N-ethyl adjacent to an activating group) is 1. The van der Waals surface area contributed by atoms with E-state index >= 15 is 0 Å². The molecule has 0 saturated carbocycles. The van der Waals surface area contributed by atoms with Crippen molar-refractivity contribution in [2.24, 2.45) is 0 Å². The van der Waals surface area contributed by atoms with Gasteiger partial charge < -0.3 is 18.9 Å². The minimum atomic E-state index is -4.39. The number of phosphoric acid groups is 1. The lowest BCUT2D eigenvalue weighted by atomic mass is 10.0. The Bertz CT molecular complexity index is 1360. The first-order valence-corrected chi connectivity index (χ1v) is 31.9. The summed E-state index contributed by atoms with van der Waals surface area (Å²) < 4.78 is 34.6. The third-order valence-corrected chi connectivity index (χ3v) is 14.3. The maximum Gasteiger partial charge on any atom is 0.472 e. The number of unbranched alkanes of at least 4 members (excludes halogenated alkanes) is 34. The van der Waals surface area contributed by atoms with E-state index in [-0.39, 0.29) is 32.0 Å². The predicted molar refractivity (Wildman–Crippen MR) is 307 cm³/mol. The molecule has 0 aliphatic heterocycles. The van der Waals surface area contributed by atoms with Crippen LogP contribution in [0.3, 0.4) is 0 Å². The van der Waals surface area contributed by atoms with Crippen molar-refractivity contribution < 1.29 is 42.1 Å². The smallest absolute Gasteiger partial charge is 0.462 e. The summed E-state index contributed by atoms with van der Waals surface area (Å²) in [4.78, 5) is 35.7. The molecule has 2 unspecified atom stereocenters. The highest BCUT2D eigenvalue weighted by atomic mass is 31.2. The molecule has 0 aliphatic rings. The summed E-state index contributed by atoms with van der Waals surface area (Å²) in [5.74, 6) is -0.792. The molecule has 0 amide bonds. The van der Waals surface area contributed by atoms with E-state index in [0.29, 0.717) is 17.4 Å². The number of quaternary nitrogens is 1. The molecule has 72 heavy (non-hydrogen) atoms. The number of esters is 2. The highest BCUT2D eigenvalue weighted by Crippen LogP contribution is 2.43. The molecule has 0 bridgehead atoms. The van der Waals surface area contributed by atoms with E-state index in [0.717, 1.165) is 44.9 Å². The van der Waals surface area contributed by atoms with Gasteiger partial charge in [-0.15, -0.1) is 0 Å². The van der Waals surface area contributed by atoms with Gasteiger partial charge in [-0.1, -0.05) is 242 Å². The Morgan fingerprint density at radius 3 is 1.10 bits per heavy atom. The van der Waals surface area contributed by atoms with Crippen molar-refractivity contribution in [1.82, 2.24) is 0 Å². The van der Waals surface area contributed by atoms with E-state index in [1.54, 1.807) is 0 Å². The summed E-state index contributed by atoms with van der Waals surface area (Å²) in [5.41, 5.74) is 0. The number of nitrogens with zero attached hydrogens (tertiary/aromatic N) is 1. The number of rotatable bonds is 56. The summed E-state index contributed by atoms with van der Waals surface area (Å²) in [5, 5.41) is 0. The fourth-order valence-electron chi connectivity index (χ4n) is 8.61. The zero-order valence-electron chi connectivity index (χ0n) is 47.9. The molecule has 0 rings (SSSR count). The molecule has 0 aromatic carbocycles. The monoisotopic (exact) mass is 1030 g/mol. The van der Waals surface area contributed by atoms with Crippen LogP contribution in [-0.4, -0.2) is 74.9 Å². The average molecular weight is 1040 g/mol. The van der Waals surface area contributed by atoms with Gasteiger partial charge in [0.15, 0.2) is 6.10 Å². The third-order valence-electron chi connectivity index (χ3n) is 13.3. The van der Waals surface area contributed by atoms with Gasteiger partial charge in [0.05, 0.1) is 27.7 Å². The van der Waals surface area contributed by atoms with Crippen LogP contribution in [0.25, 0.3) is 0 Å². The first kappa shape index (κ1) is 70.0. The summed E-state index contributed by atoms with van der Waals surface area (Å²) in [6, 6.07) is 0. The topological polar surface area (TPSA) is 108 Å². The highest BCUT2D eigenvalue weighted by Gasteiger charge is 2.27. The quantitative estimate of drug-likeness (QED) is 0.0211. The summed E-state index contributed by atoms with van der Waals surface area (Å²) in [6.07, 6.45) is 67.5. The Morgan fingerprint density at radius 1 is 0.431 bits per heavy atom. The van der Waals surface area contributed by atoms with Crippen molar-refractivity contribution in [1.29, 1.82) is 0 Å². The van der Waals surface area contributed by atoms with E-state index in [2.05, 4.69) is 62.5 Å². The number of carbonyl (C=O) groups is 2. The van der Waals surface area contributed by atoms with Gasteiger partial charge >= 0.3 is 19.8 Å². The van der Waals surface area contributed by atoms with Gasteiger partial charge in [0, 0.05) is 12.8 Å². The van der Waals surface area contributed by atoms with Crippen LogP contribution in [0.15, 0.2) is 48.6 Å². The highest BCUT2D eigenvalue weighted by molar-refractivity contribution is 7.47. The number of hydrogen-bond acceptors (Lipinski definition) is 7. The van der Waals surface area contributed by atoms with Crippen LogP contribution in [0.5, 0.6) is 0 Å². The SMILES string of the molecule is CCCCCCC/C=C\C/C=C\CCCCCCCCCCCCCCCCCC(=O)OC(COC(=O)CCCCCCCCCCC/C=C\C/C=C\CCCCCCC)COP(=O)(O)OCC[N+](C)(C)C. The van der Waals surface area contributed by atoms with Crippen LogP contribution >= 0.6 is 7.82 Å². The largest absolute Gasteiger partial charge is 0.472 e. The summed E-state index contributed by atoms with van der Waals surface area (Å²) in [6.45, 7) is 4.44. The molecular weight excluding hydrogens is 918 g/mol. The molecule has 10 heteroatoms. The van der Waals surface area contributed by atoms with Gasteiger partial charge in [-0.2, -0.15) is 0 Å². The molecule has 0 aromatic rings. The van der Waals surface area contributed by atoms with E-state index in [4.69, 9.17) is 18.5 Å². The minimum absolute atomic E-state index is 0.0311. The van der Waals surface area contributed by atoms with Crippen LogP contribution in [-0.2, 0) is 32.7 Å². The normalized spacial score (nSPS) is 13.6. The van der Waals surface area contributed by atoms with Gasteiger partial charge in [-0.25, -0.2) is 4.57 Å². The average Bonchev–Trinajstić information content (AvgIpc) is 3.34. The zero-order valence-corrected chi connectivity index (χ0v) is 48.8. The minimum Gasteiger partial charge on any atom is -0.462 e. The first-order chi connectivity index (χ1) is 35.0. The van der Waals surface area contributed by atoms with Crippen molar-refractivity contribution in [3.05, 3.63) is 48.6 Å². The van der Waals surface area contributed by atoms with Gasteiger partial charge in [0.2, 0.25) is 0 Å². The maximum atomic E-state index is 12.8. The second kappa shape index (κ2) is 53.8. The van der Waals surface area contributed by atoms with Gasteiger partial charge in [0.1, 0.15) is 19.8 Å². The van der Waals surface area contributed by atoms with E-state index in [9.17, 15) is 19.0 Å². The van der Waals surface area contributed by atoms with Gasteiger partial charge in [-0.3, -0.25) is 18.6 Å². The molecule has 0 heterocycles. The molecule has 1 N–H and O–H groups in total. The second-order valence-corrected chi connectivity index (χ2v) is 23.2. The number of phosphoric ester groups is 1. The Morgan fingerprint density at radius 2 is 0.750 bits per heavy atom. The van der Waals surface area contributed by atoms with Gasteiger partial charge in [0.25, 0.3) is 0 Å². The van der Waals surface area contributed by atoms with E-state index in [1.165, 1.54) is 205 Å². The molecular formula is C62H117NO8P+. The molecule has 0 fully saturated rings. The molecule has 0 radical (unpaired) electrons. The van der Waals surface area contributed by atoms with Crippen molar-refractivity contribution in [3.63, 3.8) is 0 Å². The van der Waals surface area contributed by atoms with Crippen molar-refractivity contribution in [3.8, 4) is 0 Å². The number of carbonyl (C=O) groups excluding carboxylic acids is 2.